The Bertz CT molecular complexity index is 637. The molecule has 1 heterocycles. The second-order valence-electron chi connectivity index (χ2n) is 9.48. The first kappa shape index (κ1) is 26.1. The van der Waals surface area contributed by atoms with E-state index in [2.05, 4.69) is 24.1 Å². The van der Waals surface area contributed by atoms with Crippen LogP contribution in [0.2, 0.25) is 0 Å². The molecule has 2 amide bonds. The van der Waals surface area contributed by atoms with Crippen molar-refractivity contribution in [3.63, 3.8) is 0 Å². The highest BCUT2D eigenvalue weighted by atomic mass is 16.5. The minimum atomic E-state index is -0.651. The number of likely N-dealkylation sites (N-methyl/N-ethyl adjacent to an activating group) is 1. The van der Waals surface area contributed by atoms with E-state index >= 15 is 0 Å². The average molecular weight is 424 g/mol. The van der Waals surface area contributed by atoms with Crippen LogP contribution in [0.15, 0.2) is 11.6 Å². The first-order chi connectivity index (χ1) is 13.9. The summed E-state index contributed by atoms with van der Waals surface area (Å²) in [4.78, 5) is 41.8. The van der Waals surface area contributed by atoms with E-state index in [1.165, 1.54) is 0 Å². The van der Waals surface area contributed by atoms with Crippen LogP contribution in [0.25, 0.3) is 0 Å². The summed E-state index contributed by atoms with van der Waals surface area (Å²) in [6, 6.07) is -0.571. The molecule has 2 atom stereocenters. The smallest absolute Gasteiger partial charge is 0.333 e. The summed E-state index contributed by atoms with van der Waals surface area (Å²) in [6.45, 7) is 15.0. The van der Waals surface area contributed by atoms with Gasteiger partial charge in [-0.15, -0.1) is 0 Å². The molecule has 172 valence electrons. The van der Waals surface area contributed by atoms with Crippen LogP contribution in [0, 0.1) is 5.41 Å². The zero-order valence-corrected chi connectivity index (χ0v) is 20.1. The van der Waals surface area contributed by atoms with Crippen LogP contribution in [-0.2, 0) is 19.1 Å². The maximum absolute atomic E-state index is 13.2. The summed E-state index contributed by atoms with van der Waals surface area (Å²) in [5, 5.41) is 3.04. The quantitative estimate of drug-likeness (QED) is 0.480. The molecule has 1 aliphatic heterocycles. The maximum Gasteiger partial charge on any atom is 0.333 e. The van der Waals surface area contributed by atoms with Gasteiger partial charge >= 0.3 is 5.97 Å². The number of nitrogens with one attached hydrogen (secondary N) is 1. The lowest BCUT2D eigenvalue weighted by Crippen LogP contribution is -2.59. The average Bonchev–Trinajstić information content (AvgIpc) is 2.68. The number of nitrogens with zero attached hydrogens (tertiary/aromatic N) is 2. The van der Waals surface area contributed by atoms with Gasteiger partial charge in [-0.05, 0) is 52.5 Å². The zero-order valence-electron chi connectivity index (χ0n) is 20.1. The van der Waals surface area contributed by atoms with Crippen LogP contribution in [-0.4, -0.2) is 72.5 Å². The fourth-order valence-corrected chi connectivity index (χ4v) is 3.65. The minimum absolute atomic E-state index is 0.0803. The molecule has 0 spiro atoms. The van der Waals surface area contributed by atoms with Crippen LogP contribution in [0.3, 0.4) is 0 Å². The van der Waals surface area contributed by atoms with Gasteiger partial charge < -0.3 is 15.0 Å². The van der Waals surface area contributed by atoms with Crippen LogP contribution >= 0.6 is 0 Å². The van der Waals surface area contributed by atoms with E-state index in [-0.39, 0.29) is 36.4 Å². The Balaban J connectivity index is 2.90. The van der Waals surface area contributed by atoms with E-state index in [1.807, 2.05) is 20.8 Å². The summed E-state index contributed by atoms with van der Waals surface area (Å²) >= 11 is 0. The fourth-order valence-electron chi connectivity index (χ4n) is 3.65. The topological polar surface area (TPSA) is 79.0 Å². The van der Waals surface area contributed by atoms with Crippen LogP contribution in [0.5, 0.6) is 0 Å². The van der Waals surface area contributed by atoms with Gasteiger partial charge in [0.2, 0.25) is 11.8 Å². The Morgan fingerprint density at radius 2 is 1.87 bits per heavy atom. The van der Waals surface area contributed by atoms with Crippen molar-refractivity contribution >= 4 is 17.8 Å². The maximum atomic E-state index is 13.2. The molecule has 1 fully saturated rings. The molecule has 0 saturated carbocycles. The van der Waals surface area contributed by atoms with Gasteiger partial charge in [-0.3, -0.25) is 14.5 Å². The molecule has 0 aromatic heterocycles. The number of rotatable bonds is 8. The molecule has 1 N–H and O–H groups in total. The van der Waals surface area contributed by atoms with E-state index in [1.54, 1.807) is 31.9 Å². The molecule has 1 saturated heterocycles. The summed E-state index contributed by atoms with van der Waals surface area (Å²) in [6.07, 6.45) is 4.61. The first-order valence-electron chi connectivity index (χ1n) is 11.0. The Morgan fingerprint density at radius 3 is 2.40 bits per heavy atom. The second-order valence-corrected chi connectivity index (χ2v) is 9.48. The van der Waals surface area contributed by atoms with Crippen LogP contribution in [0.1, 0.15) is 67.7 Å². The lowest BCUT2D eigenvalue weighted by atomic mass is 9.85. The van der Waals surface area contributed by atoms with Gasteiger partial charge in [0.1, 0.15) is 6.04 Å². The summed E-state index contributed by atoms with van der Waals surface area (Å²) in [5.41, 5.74) is 0.0146. The number of ether oxygens (including phenoxy) is 1. The summed E-state index contributed by atoms with van der Waals surface area (Å²) in [7, 11) is 1.68. The molecule has 7 heteroatoms. The monoisotopic (exact) mass is 423 g/mol. The van der Waals surface area contributed by atoms with Gasteiger partial charge in [0.05, 0.1) is 12.6 Å². The van der Waals surface area contributed by atoms with Crippen molar-refractivity contribution in [2.45, 2.75) is 85.9 Å². The van der Waals surface area contributed by atoms with Crippen molar-refractivity contribution in [3.05, 3.63) is 11.6 Å². The Kier molecular flexibility index (Phi) is 10.0. The molecule has 7 nitrogen and oxygen atoms in total. The summed E-state index contributed by atoms with van der Waals surface area (Å²) < 4.78 is 4.97. The van der Waals surface area contributed by atoms with Gasteiger partial charge in [-0.2, -0.15) is 0 Å². The molecule has 30 heavy (non-hydrogen) atoms. The first-order valence-corrected chi connectivity index (χ1v) is 11.0. The van der Waals surface area contributed by atoms with Gasteiger partial charge in [0, 0.05) is 25.2 Å². The molecular formula is C23H41N3O4. The lowest BCUT2D eigenvalue weighted by Gasteiger charge is -2.40. The highest BCUT2D eigenvalue weighted by molar-refractivity contribution is 5.91. The van der Waals surface area contributed by atoms with Crippen LogP contribution < -0.4 is 5.32 Å². The largest absolute Gasteiger partial charge is 0.463 e. The van der Waals surface area contributed by atoms with E-state index in [0.29, 0.717) is 12.2 Å². The predicted molar refractivity (Wildman–Crippen MR) is 119 cm³/mol. The number of carbonyl (C=O) groups is 3. The molecule has 0 aliphatic carbocycles. The van der Waals surface area contributed by atoms with Crippen molar-refractivity contribution in [1.29, 1.82) is 0 Å². The van der Waals surface area contributed by atoms with Gasteiger partial charge in [0.25, 0.3) is 0 Å². The molecule has 1 rings (SSSR count). The molecule has 1 aliphatic rings. The molecule has 0 bridgehead atoms. The standard InChI is InChI=1S/C23H41N3O4/c1-9-30-22(29)17(4)13-15-25(8)21(28)19(23(5,6)7)24-20(27)18-12-10-11-14-26(18)16(2)3/h13,16,18-19H,9-12,14-15H2,1-8H3,(H,24,27)/b17-13+. The SMILES string of the molecule is CCOC(=O)/C(C)=C/CN(C)C(=O)C(NC(=O)C1CCCCN1C(C)C)C(C)(C)C. The Morgan fingerprint density at radius 1 is 1.23 bits per heavy atom. The Hall–Kier alpha value is -1.89. The molecular weight excluding hydrogens is 382 g/mol. The van der Waals surface area contributed by atoms with E-state index in [9.17, 15) is 14.4 Å². The van der Waals surface area contributed by atoms with Gasteiger partial charge in [-0.25, -0.2) is 4.79 Å². The lowest BCUT2D eigenvalue weighted by molar-refractivity contribution is -0.140. The van der Waals surface area contributed by atoms with Crippen molar-refractivity contribution in [2.75, 3.05) is 26.7 Å². The van der Waals surface area contributed by atoms with Gasteiger partial charge in [0.15, 0.2) is 0 Å². The summed E-state index contributed by atoms with van der Waals surface area (Å²) in [5.74, 6) is -0.635. The number of carbonyl (C=O) groups excluding carboxylic acids is 3. The van der Waals surface area contributed by atoms with Crippen molar-refractivity contribution in [1.82, 2.24) is 15.1 Å². The molecule has 2 unspecified atom stereocenters. The van der Waals surface area contributed by atoms with Crippen LogP contribution in [0.4, 0.5) is 0 Å². The third kappa shape index (κ3) is 7.42. The number of likely N-dealkylation sites (tertiary alicyclic amines) is 1. The Labute approximate surface area is 182 Å². The highest BCUT2D eigenvalue weighted by Crippen LogP contribution is 2.24. The van der Waals surface area contributed by atoms with E-state index in [4.69, 9.17) is 4.74 Å². The predicted octanol–water partition coefficient (Wildman–Crippen LogP) is 2.75. The van der Waals surface area contributed by atoms with E-state index < -0.39 is 11.5 Å². The van der Waals surface area contributed by atoms with Gasteiger partial charge in [-0.1, -0.05) is 33.3 Å². The van der Waals surface area contributed by atoms with E-state index in [0.717, 1.165) is 25.8 Å². The zero-order chi connectivity index (χ0) is 23.1. The second kappa shape index (κ2) is 11.5. The third-order valence-electron chi connectivity index (χ3n) is 5.55. The number of hydrogen-bond acceptors (Lipinski definition) is 5. The number of hydrogen-bond donors (Lipinski definition) is 1. The number of amides is 2. The molecule has 0 radical (unpaired) electrons. The van der Waals surface area contributed by atoms with Crippen molar-refractivity contribution in [3.8, 4) is 0 Å². The normalized spacial score (nSPS) is 19.4. The van der Waals surface area contributed by atoms with Crippen molar-refractivity contribution < 1.29 is 19.1 Å². The number of esters is 1. The fraction of sp³-hybridized carbons (Fsp3) is 0.783. The highest BCUT2D eigenvalue weighted by Gasteiger charge is 2.38. The van der Waals surface area contributed by atoms with Crippen molar-refractivity contribution in [2.24, 2.45) is 5.41 Å². The molecule has 0 aromatic rings. The molecule has 0 aromatic carbocycles. The third-order valence-corrected chi connectivity index (χ3v) is 5.55. The minimum Gasteiger partial charge on any atom is -0.463 e. The number of piperidine rings is 1.